The molecule has 7 heteroatoms. The van der Waals surface area contributed by atoms with E-state index in [-0.39, 0.29) is 23.9 Å². The van der Waals surface area contributed by atoms with Gasteiger partial charge in [0.05, 0.1) is 12.6 Å². The number of likely N-dealkylation sites (N-methyl/N-ethyl adjacent to an activating group) is 1. The number of likely N-dealkylation sites (tertiary alicyclic amines) is 1. The zero-order valence-electron chi connectivity index (χ0n) is 17.9. The highest BCUT2D eigenvalue weighted by Crippen LogP contribution is 2.26. The summed E-state index contributed by atoms with van der Waals surface area (Å²) in [6.07, 6.45) is 10.4. The van der Waals surface area contributed by atoms with Crippen LogP contribution in [0.1, 0.15) is 77.0 Å². The van der Waals surface area contributed by atoms with E-state index >= 15 is 0 Å². The van der Waals surface area contributed by atoms with Crippen LogP contribution in [0.25, 0.3) is 0 Å². The van der Waals surface area contributed by atoms with Gasteiger partial charge in [-0.2, -0.15) is 0 Å². The molecule has 164 valence electrons. The Bertz CT molecular complexity index is 550. The molecule has 7 nitrogen and oxygen atoms in total. The summed E-state index contributed by atoms with van der Waals surface area (Å²) in [6, 6.07) is -0.118. The molecule has 1 N–H and O–H groups in total. The van der Waals surface area contributed by atoms with Gasteiger partial charge >= 0.3 is 6.09 Å². The molecule has 0 aromatic heterocycles. The molecule has 0 aliphatic carbocycles. The predicted octanol–water partition coefficient (Wildman–Crippen LogP) is 2.87. The maximum Gasteiger partial charge on any atom is 0.410 e. The summed E-state index contributed by atoms with van der Waals surface area (Å²) in [7, 11) is 1.90. The van der Waals surface area contributed by atoms with Crippen LogP contribution in [0, 0.1) is 0 Å². The zero-order valence-corrected chi connectivity index (χ0v) is 17.9. The van der Waals surface area contributed by atoms with Crippen molar-refractivity contribution in [3.05, 3.63) is 0 Å². The first kappa shape index (κ1) is 22.1. The van der Waals surface area contributed by atoms with Crippen molar-refractivity contribution in [1.29, 1.82) is 0 Å². The minimum absolute atomic E-state index is 0.0374. The van der Waals surface area contributed by atoms with Crippen LogP contribution in [0.3, 0.4) is 0 Å². The molecule has 2 amide bonds. The Kier molecular flexibility index (Phi) is 8.33. The molecule has 0 saturated carbocycles. The van der Waals surface area contributed by atoms with Crippen LogP contribution in [0.15, 0.2) is 0 Å². The highest BCUT2D eigenvalue weighted by molar-refractivity contribution is 5.89. The molecule has 3 fully saturated rings. The normalized spacial score (nSPS) is 30.2. The van der Waals surface area contributed by atoms with E-state index < -0.39 is 6.04 Å². The summed E-state index contributed by atoms with van der Waals surface area (Å²) in [5.41, 5.74) is 0. The van der Waals surface area contributed by atoms with E-state index in [2.05, 4.69) is 5.32 Å². The quantitative estimate of drug-likeness (QED) is 0.761. The highest BCUT2D eigenvalue weighted by Gasteiger charge is 2.41. The van der Waals surface area contributed by atoms with Crippen molar-refractivity contribution in [1.82, 2.24) is 15.1 Å². The number of carbonyl (C=O) groups is 3. The van der Waals surface area contributed by atoms with E-state index in [4.69, 9.17) is 4.74 Å². The Balaban J connectivity index is 1.59. The molecule has 3 unspecified atom stereocenters. The number of hydrogen-bond donors (Lipinski definition) is 1. The topological polar surface area (TPSA) is 79.0 Å². The Labute approximate surface area is 174 Å². The standard InChI is InChI=1S/C22H37N3O4/c1-23-17-12-13-24(15-17)22(28)29-18-14-19-20(26)10-8-6-4-2-3-5-7-9-11-21(27)25(19)16-18/h17-19,23H,2-16H2,1H3. The fraction of sp³-hybridized carbons (Fsp3) is 0.864. The third-order valence-electron chi connectivity index (χ3n) is 6.64. The number of nitrogens with one attached hydrogen (secondary N) is 1. The second-order valence-corrected chi connectivity index (χ2v) is 8.82. The lowest BCUT2D eigenvalue weighted by Gasteiger charge is -2.23. The molecular weight excluding hydrogens is 370 g/mol. The number of Topliss-reactive ketones (excluding diaryl/α,β-unsaturated/α-hetero) is 1. The lowest BCUT2D eigenvalue weighted by molar-refractivity contribution is -0.137. The van der Waals surface area contributed by atoms with Crippen molar-refractivity contribution in [2.75, 3.05) is 26.7 Å². The van der Waals surface area contributed by atoms with Crippen molar-refractivity contribution >= 4 is 17.8 Å². The van der Waals surface area contributed by atoms with Crippen molar-refractivity contribution in [3.63, 3.8) is 0 Å². The Hall–Kier alpha value is -1.63. The number of carbonyl (C=O) groups excluding carboxylic acids is 3. The van der Waals surface area contributed by atoms with Gasteiger partial charge in [0.15, 0.2) is 5.78 Å². The van der Waals surface area contributed by atoms with E-state index in [1.807, 2.05) is 7.05 Å². The van der Waals surface area contributed by atoms with E-state index in [1.54, 1.807) is 9.80 Å². The van der Waals surface area contributed by atoms with Gasteiger partial charge in [0.1, 0.15) is 6.10 Å². The Morgan fingerprint density at radius 2 is 1.62 bits per heavy atom. The van der Waals surface area contributed by atoms with Gasteiger partial charge in [0.25, 0.3) is 0 Å². The van der Waals surface area contributed by atoms with Crippen LogP contribution in [0.5, 0.6) is 0 Å². The lowest BCUT2D eigenvalue weighted by atomic mass is 10.0. The van der Waals surface area contributed by atoms with Crippen molar-refractivity contribution in [2.45, 2.75) is 95.2 Å². The highest BCUT2D eigenvalue weighted by atomic mass is 16.6. The SMILES string of the molecule is CNC1CCN(C(=O)OC2CC3C(=O)CCCCCCCCCCC(=O)N3C2)C1. The van der Waals surface area contributed by atoms with Crippen LogP contribution in [0.4, 0.5) is 4.79 Å². The van der Waals surface area contributed by atoms with Crippen LogP contribution < -0.4 is 5.32 Å². The summed E-state index contributed by atoms with van der Waals surface area (Å²) >= 11 is 0. The third kappa shape index (κ3) is 6.17. The number of amides is 2. The smallest absolute Gasteiger partial charge is 0.410 e. The minimum Gasteiger partial charge on any atom is -0.444 e. The van der Waals surface area contributed by atoms with Gasteiger partial charge in [0.2, 0.25) is 5.91 Å². The molecule has 3 aliphatic rings. The van der Waals surface area contributed by atoms with Crippen molar-refractivity contribution in [3.8, 4) is 0 Å². The molecule has 3 saturated heterocycles. The van der Waals surface area contributed by atoms with Crippen LogP contribution in [0.2, 0.25) is 0 Å². The average molecular weight is 408 g/mol. The third-order valence-corrected chi connectivity index (χ3v) is 6.64. The lowest BCUT2D eigenvalue weighted by Crippen LogP contribution is -2.40. The monoisotopic (exact) mass is 407 g/mol. The number of hydrogen-bond acceptors (Lipinski definition) is 5. The van der Waals surface area contributed by atoms with E-state index in [9.17, 15) is 14.4 Å². The number of ether oxygens (including phenoxy) is 1. The van der Waals surface area contributed by atoms with Gasteiger partial charge in [-0.3, -0.25) is 9.59 Å². The zero-order chi connectivity index (χ0) is 20.6. The first-order valence-electron chi connectivity index (χ1n) is 11.5. The summed E-state index contributed by atoms with van der Waals surface area (Å²) in [5.74, 6) is 0.167. The number of nitrogens with zero attached hydrogens (tertiary/aromatic N) is 2. The fourth-order valence-electron chi connectivity index (χ4n) is 4.79. The summed E-state index contributed by atoms with van der Waals surface area (Å²) < 4.78 is 5.72. The predicted molar refractivity (Wildman–Crippen MR) is 111 cm³/mol. The van der Waals surface area contributed by atoms with Crippen LogP contribution in [-0.4, -0.2) is 72.5 Å². The van der Waals surface area contributed by atoms with Gasteiger partial charge in [-0.1, -0.05) is 38.5 Å². The largest absolute Gasteiger partial charge is 0.444 e. The number of rotatable bonds is 2. The summed E-state index contributed by atoms with van der Waals surface area (Å²) in [5, 5.41) is 3.19. The van der Waals surface area contributed by atoms with Gasteiger partial charge in [-0.15, -0.1) is 0 Å². The molecule has 0 aromatic carbocycles. The molecule has 29 heavy (non-hydrogen) atoms. The molecule has 0 radical (unpaired) electrons. The number of fused-ring (bicyclic) bond motifs is 1. The molecule has 3 heterocycles. The van der Waals surface area contributed by atoms with E-state index in [0.717, 1.165) is 32.1 Å². The molecule has 3 aliphatic heterocycles. The van der Waals surface area contributed by atoms with Crippen molar-refractivity contribution < 1.29 is 19.1 Å². The van der Waals surface area contributed by atoms with Gasteiger partial charge in [-0.05, 0) is 26.3 Å². The van der Waals surface area contributed by atoms with E-state index in [0.29, 0.717) is 44.9 Å². The number of ketones is 1. The second-order valence-electron chi connectivity index (χ2n) is 8.82. The first-order chi connectivity index (χ1) is 14.1. The first-order valence-corrected chi connectivity index (χ1v) is 11.5. The maximum atomic E-state index is 12.8. The molecule has 3 rings (SSSR count). The van der Waals surface area contributed by atoms with Gasteiger partial charge < -0.3 is 19.9 Å². The second kappa shape index (κ2) is 11.0. The molecular formula is C22H37N3O4. The van der Waals surface area contributed by atoms with E-state index in [1.165, 1.54) is 25.7 Å². The summed E-state index contributed by atoms with van der Waals surface area (Å²) in [4.78, 5) is 41.6. The molecule has 3 atom stereocenters. The van der Waals surface area contributed by atoms with Gasteiger partial charge in [-0.25, -0.2) is 4.79 Å². The average Bonchev–Trinajstić information content (AvgIpc) is 3.35. The van der Waals surface area contributed by atoms with Gasteiger partial charge in [0, 0.05) is 38.4 Å². The van der Waals surface area contributed by atoms with Crippen LogP contribution in [-0.2, 0) is 14.3 Å². The molecule has 0 spiro atoms. The van der Waals surface area contributed by atoms with Crippen molar-refractivity contribution in [2.24, 2.45) is 0 Å². The Morgan fingerprint density at radius 1 is 0.966 bits per heavy atom. The van der Waals surface area contributed by atoms with Crippen LogP contribution >= 0.6 is 0 Å². The fourth-order valence-corrected chi connectivity index (χ4v) is 4.79. The Morgan fingerprint density at radius 3 is 2.28 bits per heavy atom. The molecule has 0 bridgehead atoms. The maximum absolute atomic E-state index is 12.8. The minimum atomic E-state index is -0.424. The molecule has 0 aromatic rings. The summed E-state index contributed by atoms with van der Waals surface area (Å²) in [6.45, 7) is 1.68.